The second-order valence-corrected chi connectivity index (χ2v) is 3.89. The van der Waals surface area contributed by atoms with E-state index in [9.17, 15) is 20.1 Å². The standard InChI is InChI=1S/C9H18N2O7/c10-11-5(13)1-2-17-9-8(16)7(15)6(14)4(3-12)18-9/h4,6-9,12,14-16H,1-3,10H2,(H,11,13). The highest BCUT2D eigenvalue weighted by atomic mass is 16.7. The molecule has 0 aromatic carbocycles. The number of carbonyl (C=O) groups is 1. The van der Waals surface area contributed by atoms with E-state index in [-0.39, 0.29) is 13.0 Å². The van der Waals surface area contributed by atoms with Gasteiger partial charge in [-0.3, -0.25) is 10.2 Å². The summed E-state index contributed by atoms with van der Waals surface area (Å²) in [5, 5.41) is 37.4. The molecule has 9 heteroatoms. The van der Waals surface area contributed by atoms with Gasteiger partial charge >= 0.3 is 0 Å². The molecular weight excluding hydrogens is 248 g/mol. The van der Waals surface area contributed by atoms with Crippen LogP contribution in [0.25, 0.3) is 0 Å². The van der Waals surface area contributed by atoms with Crippen molar-refractivity contribution in [2.45, 2.75) is 37.1 Å². The van der Waals surface area contributed by atoms with Crippen LogP contribution in [0.1, 0.15) is 6.42 Å². The molecule has 0 saturated carbocycles. The van der Waals surface area contributed by atoms with Crippen molar-refractivity contribution < 1.29 is 34.7 Å². The van der Waals surface area contributed by atoms with Crippen molar-refractivity contribution in [3.63, 3.8) is 0 Å². The Morgan fingerprint density at radius 3 is 2.50 bits per heavy atom. The lowest BCUT2D eigenvalue weighted by atomic mass is 9.99. The molecule has 7 N–H and O–H groups in total. The molecule has 1 fully saturated rings. The third-order valence-electron chi connectivity index (χ3n) is 2.62. The first kappa shape index (κ1) is 15.2. The Bertz CT molecular complexity index is 276. The molecule has 0 aliphatic carbocycles. The van der Waals surface area contributed by atoms with Gasteiger partial charge in [0, 0.05) is 0 Å². The average Bonchev–Trinajstić information content (AvgIpc) is 2.38. The van der Waals surface area contributed by atoms with Gasteiger partial charge in [-0.2, -0.15) is 0 Å². The summed E-state index contributed by atoms with van der Waals surface area (Å²) >= 11 is 0. The van der Waals surface area contributed by atoms with Crippen LogP contribution in [0.15, 0.2) is 0 Å². The van der Waals surface area contributed by atoms with Gasteiger partial charge in [-0.1, -0.05) is 0 Å². The third kappa shape index (κ3) is 3.59. The van der Waals surface area contributed by atoms with Gasteiger partial charge in [-0.05, 0) is 0 Å². The fourth-order valence-corrected chi connectivity index (χ4v) is 1.55. The predicted molar refractivity (Wildman–Crippen MR) is 56.7 cm³/mol. The van der Waals surface area contributed by atoms with Crippen LogP contribution >= 0.6 is 0 Å². The van der Waals surface area contributed by atoms with E-state index in [0.717, 1.165) is 0 Å². The van der Waals surface area contributed by atoms with Crippen molar-refractivity contribution in [2.75, 3.05) is 13.2 Å². The first-order chi connectivity index (χ1) is 8.51. The molecule has 0 aromatic rings. The molecule has 1 amide bonds. The van der Waals surface area contributed by atoms with Gasteiger partial charge in [0.05, 0.1) is 19.6 Å². The first-order valence-electron chi connectivity index (χ1n) is 5.42. The topological polar surface area (TPSA) is 154 Å². The number of ether oxygens (including phenoxy) is 2. The van der Waals surface area contributed by atoms with Gasteiger partial charge in [0.2, 0.25) is 5.91 Å². The zero-order valence-electron chi connectivity index (χ0n) is 9.60. The summed E-state index contributed by atoms with van der Waals surface area (Å²) in [5.74, 6) is 4.40. The summed E-state index contributed by atoms with van der Waals surface area (Å²) < 4.78 is 10.1. The molecule has 0 radical (unpaired) electrons. The molecule has 0 spiro atoms. The highest BCUT2D eigenvalue weighted by Gasteiger charge is 2.43. The number of hydrazine groups is 1. The summed E-state index contributed by atoms with van der Waals surface area (Å²) in [6, 6.07) is 0. The van der Waals surface area contributed by atoms with Crippen LogP contribution in [-0.2, 0) is 14.3 Å². The van der Waals surface area contributed by atoms with E-state index < -0.39 is 43.2 Å². The van der Waals surface area contributed by atoms with Crippen LogP contribution in [0.2, 0.25) is 0 Å². The molecule has 0 bridgehead atoms. The number of carbonyl (C=O) groups excluding carboxylic acids is 1. The number of aliphatic hydroxyl groups excluding tert-OH is 4. The van der Waals surface area contributed by atoms with Crippen LogP contribution in [0.5, 0.6) is 0 Å². The van der Waals surface area contributed by atoms with E-state index in [1.807, 2.05) is 5.43 Å². The van der Waals surface area contributed by atoms with Gasteiger partial charge in [0.25, 0.3) is 0 Å². The lowest BCUT2D eigenvalue weighted by Gasteiger charge is -2.39. The monoisotopic (exact) mass is 266 g/mol. The first-order valence-corrected chi connectivity index (χ1v) is 5.42. The van der Waals surface area contributed by atoms with Crippen molar-refractivity contribution in [1.29, 1.82) is 0 Å². The van der Waals surface area contributed by atoms with E-state index in [2.05, 4.69) is 0 Å². The van der Waals surface area contributed by atoms with E-state index in [0.29, 0.717) is 0 Å². The number of nitrogens with one attached hydrogen (secondary N) is 1. The molecule has 5 unspecified atom stereocenters. The maximum atomic E-state index is 10.8. The van der Waals surface area contributed by atoms with Gasteiger partial charge in [-0.15, -0.1) is 0 Å². The van der Waals surface area contributed by atoms with Crippen LogP contribution in [-0.4, -0.2) is 70.3 Å². The fraction of sp³-hybridized carbons (Fsp3) is 0.889. The Morgan fingerprint density at radius 2 is 1.94 bits per heavy atom. The minimum Gasteiger partial charge on any atom is -0.394 e. The second kappa shape index (κ2) is 6.95. The average molecular weight is 266 g/mol. The highest BCUT2D eigenvalue weighted by Crippen LogP contribution is 2.21. The van der Waals surface area contributed by atoms with Crippen molar-refractivity contribution in [1.82, 2.24) is 5.43 Å². The maximum Gasteiger partial charge on any atom is 0.236 e. The smallest absolute Gasteiger partial charge is 0.236 e. The Balaban J connectivity index is 2.46. The summed E-state index contributed by atoms with van der Waals surface area (Å²) in [7, 11) is 0. The molecule has 0 aromatic heterocycles. The number of nitrogens with two attached hydrogens (primary N) is 1. The molecule has 1 aliphatic heterocycles. The molecule has 18 heavy (non-hydrogen) atoms. The van der Waals surface area contributed by atoms with Crippen molar-refractivity contribution in [3.8, 4) is 0 Å². The third-order valence-corrected chi connectivity index (χ3v) is 2.62. The maximum absolute atomic E-state index is 10.8. The summed E-state index contributed by atoms with van der Waals surface area (Å²) in [6.45, 7) is -0.625. The molecule has 106 valence electrons. The highest BCUT2D eigenvalue weighted by molar-refractivity contribution is 5.75. The Kier molecular flexibility index (Phi) is 5.88. The zero-order valence-corrected chi connectivity index (χ0v) is 9.60. The number of amides is 1. The Hall–Kier alpha value is -0.810. The van der Waals surface area contributed by atoms with Crippen molar-refractivity contribution in [3.05, 3.63) is 0 Å². The summed E-state index contributed by atoms with van der Waals surface area (Å²) in [5.41, 5.74) is 1.90. The summed E-state index contributed by atoms with van der Waals surface area (Å²) in [6.07, 6.45) is -6.71. The Labute approximate surface area is 103 Å². The SMILES string of the molecule is NNC(=O)CCOC1OC(CO)C(O)C(O)C1O. The number of aliphatic hydroxyl groups is 4. The zero-order chi connectivity index (χ0) is 13.7. The quantitative estimate of drug-likeness (QED) is 0.168. The van der Waals surface area contributed by atoms with Crippen molar-refractivity contribution in [2.24, 2.45) is 5.84 Å². The van der Waals surface area contributed by atoms with Crippen LogP contribution in [0.3, 0.4) is 0 Å². The van der Waals surface area contributed by atoms with Crippen LogP contribution < -0.4 is 11.3 Å². The minimum absolute atomic E-state index is 0.0501. The Morgan fingerprint density at radius 1 is 1.28 bits per heavy atom. The second-order valence-electron chi connectivity index (χ2n) is 3.89. The lowest BCUT2D eigenvalue weighted by Crippen LogP contribution is -2.59. The number of rotatable bonds is 5. The van der Waals surface area contributed by atoms with Gasteiger partial charge in [0.15, 0.2) is 6.29 Å². The van der Waals surface area contributed by atoms with Gasteiger partial charge < -0.3 is 29.9 Å². The predicted octanol–water partition coefficient (Wildman–Crippen LogP) is -3.82. The normalized spacial score (nSPS) is 36.4. The van der Waals surface area contributed by atoms with Crippen LogP contribution in [0.4, 0.5) is 0 Å². The van der Waals surface area contributed by atoms with Gasteiger partial charge in [-0.25, -0.2) is 5.84 Å². The fourth-order valence-electron chi connectivity index (χ4n) is 1.55. The minimum atomic E-state index is -1.50. The van der Waals surface area contributed by atoms with E-state index in [4.69, 9.17) is 20.4 Å². The molecule has 9 nitrogen and oxygen atoms in total. The van der Waals surface area contributed by atoms with E-state index in [1.165, 1.54) is 0 Å². The molecule has 5 atom stereocenters. The summed E-state index contributed by atoms with van der Waals surface area (Å²) in [4.78, 5) is 10.8. The molecule has 1 saturated heterocycles. The largest absolute Gasteiger partial charge is 0.394 e. The molecule has 1 aliphatic rings. The van der Waals surface area contributed by atoms with E-state index in [1.54, 1.807) is 0 Å². The van der Waals surface area contributed by atoms with Crippen LogP contribution in [0, 0.1) is 0 Å². The van der Waals surface area contributed by atoms with E-state index >= 15 is 0 Å². The molecule has 1 heterocycles. The molecule has 1 rings (SSSR count). The van der Waals surface area contributed by atoms with Crippen molar-refractivity contribution >= 4 is 5.91 Å². The number of hydrogen-bond donors (Lipinski definition) is 6. The van der Waals surface area contributed by atoms with Gasteiger partial charge in [0.1, 0.15) is 24.4 Å². The number of hydrogen-bond acceptors (Lipinski definition) is 8. The molecular formula is C9H18N2O7. The lowest BCUT2D eigenvalue weighted by molar-refractivity contribution is -0.300.